The number of piperidine rings is 1. The normalized spacial score (nSPS) is 19.1. The molecular formula is C25H36N4O2. The van der Waals surface area contributed by atoms with Crippen molar-refractivity contribution in [3.63, 3.8) is 0 Å². The largest absolute Gasteiger partial charge is 0.390 e. The highest BCUT2D eigenvalue weighted by atomic mass is 16.3. The SMILES string of the molecule is C=C(/C=C\C=C(/C)NC1CCNCC1)C(=O)NCC(O)CN1CCc2ccccc2C1. The van der Waals surface area contributed by atoms with Crippen LogP contribution in [-0.4, -0.2) is 60.8 Å². The zero-order valence-electron chi connectivity index (χ0n) is 18.6. The number of hydrogen-bond acceptors (Lipinski definition) is 5. The van der Waals surface area contributed by atoms with Crippen LogP contribution in [-0.2, 0) is 17.8 Å². The summed E-state index contributed by atoms with van der Waals surface area (Å²) in [5.41, 5.74) is 4.17. The first kappa shape index (κ1) is 23.3. The predicted octanol–water partition coefficient (Wildman–Crippen LogP) is 1.88. The molecule has 3 rings (SSSR count). The molecule has 0 radical (unpaired) electrons. The second kappa shape index (κ2) is 11.8. The molecule has 1 fully saturated rings. The number of rotatable bonds is 9. The van der Waals surface area contributed by atoms with E-state index in [-0.39, 0.29) is 12.5 Å². The van der Waals surface area contributed by atoms with Gasteiger partial charge < -0.3 is 21.1 Å². The van der Waals surface area contributed by atoms with E-state index >= 15 is 0 Å². The summed E-state index contributed by atoms with van der Waals surface area (Å²) in [6.45, 7) is 10.5. The Morgan fingerprint density at radius 2 is 2.06 bits per heavy atom. The van der Waals surface area contributed by atoms with Crippen LogP contribution in [0.4, 0.5) is 0 Å². The summed E-state index contributed by atoms with van der Waals surface area (Å²) in [7, 11) is 0. The van der Waals surface area contributed by atoms with Crippen LogP contribution >= 0.6 is 0 Å². The molecule has 6 heteroatoms. The van der Waals surface area contributed by atoms with Crippen molar-refractivity contribution in [3.05, 3.63) is 71.5 Å². The molecule has 1 unspecified atom stereocenters. The zero-order valence-corrected chi connectivity index (χ0v) is 18.6. The van der Waals surface area contributed by atoms with Gasteiger partial charge in [0.15, 0.2) is 0 Å². The highest BCUT2D eigenvalue weighted by Crippen LogP contribution is 2.18. The number of carbonyl (C=O) groups excluding carboxylic acids is 1. The van der Waals surface area contributed by atoms with E-state index in [0.29, 0.717) is 18.2 Å². The van der Waals surface area contributed by atoms with Crippen LogP contribution in [0.25, 0.3) is 0 Å². The van der Waals surface area contributed by atoms with Gasteiger partial charge in [-0.15, -0.1) is 0 Å². The van der Waals surface area contributed by atoms with E-state index in [1.165, 1.54) is 11.1 Å². The first-order chi connectivity index (χ1) is 15.0. The number of carbonyl (C=O) groups is 1. The number of allylic oxidation sites excluding steroid dienone is 3. The number of hydrogen-bond donors (Lipinski definition) is 4. The Morgan fingerprint density at radius 1 is 1.32 bits per heavy atom. The summed E-state index contributed by atoms with van der Waals surface area (Å²) in [5.74, 6) is -0.253. The van der Waals surface area contributed by atoms with Gasteiger partial charge in [0.2, 0.25) is 0 Å². The molecule has 0 spiro atoms. The van der Waals surface area contributed by atoms with E-state index < -0.39 is 6.10 Å². The minimum absolute atomic E-state index is 0.218. The van der Waals surface area contributed by atoms with Crippen LogP contribution in [0.1, 0.15) is 30.9 Å². The van der Waals surface area contributed by atoms with Crippen molar-refractivity contribution in [2.75, 3.05) is 32.7 Å². The zero-order chi connectivity index (χ0) is 22.1. The smallest absolute Gasteiger partial charge is 0.250 e. The Kier molecular flexibility index (Phi) is 8.88. The lowest BCUT2D eigenvalue weighted by atomic mass is 10.00. The van der Waals surface area contributed by atoms with Crippen LogP contribution in [0.2, 0.25) is 0 Å². The third-order valence-electron chi connectivity index (χ3n) is 5.88. The maximum absolute atomic E-state index is 12.3. The summed E-state index contributed by atoms with van der Waals surface area (Å²) in [6.07, 6.45) is 8.14. The van der Waals surface area contributed by atoms with Crippen LogP contribution in [0.5, 0.6) is 0 Å². The molecular weight excluding hydrogens is 388 g/mol. The van der Waals surface area contributed by atoms with E-state index in [0.717, 1.165) is 51.1 Å². The van der Waals surface area contributed by atoms with Crippen molar-refractivity contribution in [1.82, 2.24) is 20.9 Å². The molecule has 0 aliphatic carbocycles. The Balaban J connectivity index is 1.36. The van der Waals surface area contributed by atoms with Gasteiger partial charge in [0.25, 0.3) is 5.91 Å². The van der Waals surface area contributed by atoms with Crippen LogP contribution < -0.4 is 16.0 Å². The van der Waals surface area contributed by atoms with Crippen LogP contribution in [0.3, 0.4) is 0 Å². The van der Waals surface area contributed by atoms with Crippen molar-refractivity contribution in [3.8, 4) is 0 Å². The molecule has 0 aromatic heterocycles. The van der Waals surface area contributed by atoms with E-state index in [2.05, 4.69) is 51.7 Å². The number of β-amino-alcohol motifs (C(OH)–C–C–N with tert-alkyl or cyclic N) is 1. The fourth-order valence-corrected chi connectivity index (χ4v) is 4.12. The summed E-state index contributed by atoms with van der Waals surface area (Å²) in [5, 5.41) is 20.0. The molecule has 1 amide bonds. The van der Waals surface area contributed by atoms with Gasteiger partial charge >= 0.3 is 0 Å². The number of amides is 1. The monoisotopic (exact) mass is 424 g/mol. The van der Waals surface area contributed by atoms with Crippen molar-refractivity contribution < 1.29 is 9.90 Å². The summed E-state index contributed by atoms with van der Waals surface area (Å²) in [4.78, 5) is 14.5. The molecule has 1 saturated heterocycles. The standard InChI is InChI=1S/C25H36N4O2/c1-19(6-5-7-20(2)28-23-10-13-26-14-11-23)25(31)27-16-24(30)18-29-15-12-21-8-3-4-9-22(21)17-29/h3-9,23-24,26,28,30H,1,10-18H2,2H3,(H,27,31)/b6-5-,20-7+. The number of nitrogens with zero attached hydrogens (tertiary/aromatic N) is 1. The third kappa shape index (κ3) is 7.65. The van der Waals surface area contributed by atoms with E-state index in [4.69, 9.17) is 0 Å². The number of nitrogens with one attached hydrogen (secondary N) is 3. The summed E-state index contributed by atoms with van der Waals surface area (Å²) in [6, 6.07) is 8.94. The van der Waals surface area contributed by atoms with Gasteiger partial charge in [-0.25, -0.2) is 0 Å². The van der Waals surface area contributed by atoms with E-state index in [9.17, 15) is 9.90 Å². The Hall–Kier alpha value is -2.41. The maximum Gasteiger partial charge on any atom is 0.250 e. The van der Waals surface area contributed by atoms with Gasteiger partial charge in [-0.3, -0.25) is 9.69 Å². The van der Waals surface area contributed by atoms with Gasteiger partial charge in [0, 0.05) is 43.5 Å². The molecule has 2 aliphatic rings. The average Bonchev–Trinajstić information content (AvgIpc) is 2.78. The highest BCUT2D eigenvalue weighted by Gasteiger charge is 2.19. The predicted molar refractivity (Wildman–Crippen MR) is 126 cm³/mol. The summed E-state index contributed by atoms with van der Waals surface area (Å²) < 4.78 is 0. The lowest BCUT2D eigenvalue weighted by Gasteiger charge is -2.30. The third-order valence-corrected chi connectivity index (χ3v) is 5.88. The van der Waals surface area contributed by atoms with Crippen LogP contribution in [0, 0.1) is 0 Å². The minimum Gasteiger partial charge on any atom is -0.390 e. The number of fused-ring (bicyclic) bond motifs is 1. The quantitative estimate of drug-likeness (QED) is 0.360. The topological polar surface area (TPSA) is 76.6 Å². The average molecular weight is 425 g/mol. The van der Waals surface area contributed by atoms with Gasteiger partial charge in [0.05, 0.1) is 6.10 Å². The highest BCUT2D eigenvalue weighted by molar-refractivity contribution is 5.95. The van der Waals surface area contributed by atoms with E-state index in [1.807, 2.05) is 19.1 Å². The van der Waals surface area contributed by atoms with Crippen LogP contribution in [0.15, 0.2) is 60.3 Å². The molecule has 31 heavy (non-hydrogen) atoms. The molecule has 4 N–H and O–H groups in total. The molecule has 1 atom stereocenters. The summed E-state index contributed by atoms with van der Waals surface area (Å²) >= 11 is 0. The van der Waals surface area contributed by atoms with E-state index in [1.54, 1.807) is 6.08 Å². The van der Waals surface area contributed by atoms with Crippen molar-refractivity contribution in [2.24, 2.45) is 0 Å². The lowest BCUT2D eigenvalue weighted by Crippen LogP contribution is -2.42. The van der Waals surface area contributed by atoms with Gasteiger partial charge in [-0.1, -0.05) is 43.0 Å². The number of benzene rings is 1. The Bertz CT molecular complexity index is 811. The van der Waals surface area contributed by atoms with Crippen molar-refractivity contribution in [1.29, 1.82) is 0 Å². The molecule has 6 nitrogen and oxygen atoms in total. The molecule has 0 bridgehead atoms. The molecule has 1 aromatic rings. The second-order valence-corrected chi connectivity index (χ2v) is 8.52. The lowest BCUT2D eigenvalue weighted by molar-refractivity contribution is -0.117. The number of aliphatic hydroxyl groups excluding tert-OH is 1. The minimum atomic E-state index is -0.609. The molecule has 1 aromatic carbocycles. The second-order valence-electron chi connectivity index (χ2n) is 8.52. The Labute approximate surface area is 186 Å². The molecule has 2 heterocycles. The fraction of sp³-hybridized carbons (Fsp3) is 0.480. The first-order valence-corrected chi connectivity index (χ1v) is 11.3. The first-order valence-electron chi connectivity index (χ1n) is 11.3. The molecule has 168 valence electrons. The van der Waals surface area contributed by atoms with Gasteiger partial charge in [-0.2, -0.15) is 0 Å². The van der Waals surface area contributed by atoms with Crippen molar-refractivity contribution in [2.45, 2.75) is 44.9 Å². The van der Waals surface area contributed by atoms with Crippen molar-refractivity contribution >= 4 is 5.91 Å². The molecule has 0 saturated carbocycles. The Morgan fingerprint density at radius 3 is 2.84 bits per heavy atom. The molecule has 2 aliphatic heterocycles. The van der Waals surface area contributed by atoms with Gasteiger partial charge in [0.1, 0.15) is 0 Å². The number of aliphatic hydroxyl groups is 1. The maximum atomic E-state index is 12.3. The van der Waals surface area contributed by atoms with Gasteiger partial charge in [-0.05, 0) is 56.5 Å². The fourth-order valence-electron chi connectivity index (χ4n) is 4.12.